The molecule has 0 aliphatic heterocycles. The van der Waals surface area contributed by atoms with Gasteiger partial charge >= 0.3 is 5.97 Å². The standard InChI is InChI=1S/C25H41NO3/c1-6-7-10-13-22(27)17-16-21-18-26(19-25(3,4)5)20(2)23(21)14-11-8-9-12-15-24(28)29/h11,14,16-18,22,27H,6-10,12-13,15,19H2,1-5H3,(H,28,29)/b14-11-,17-16+. The number of rotatable bonds is 13. The van der Waals surface area contributed by atoms with Crippen molar-refractivity contribution >= 4 is 18.1 Å². The Morgan fingerprint density at radius 2 is 1.90 bits per heavy atom. The zero-order valence-electron chi connectivity index (χ0n) is 19.1. The lowest BCUT2D eigenvalue weighted by Crippen LogP contribution is -2.15. The summed E-state index contributed by atoms with van der Waals surface area (Å²) < 4.78 is 2.30. The third kappa shape index (κ3) is 10.5. The number of hydrogen-bond acceptors (Lipinski definition) is 2. The first-order chi connectivity index (χ1) is 13.6. The molecule has 0 aliphatic rings. The van der Waals surface area contributed by atoms with Gasteiger partial charge < -0.3 is 14.8 Å². The maximum Gasteiger partial charge on any atom is 0.303 e. The van der Waals surface area contributed by atoms with E-state index in [-0.39, 0.29) is 11.8 Å². The Hall–Kier alpha value is -1.81. The average Bonchev–Trinajstić information content (AvgIpc) is 2.90. The highest BCUT2D eigenvalue weighted by atomic mass is 16.4. The van der Waals surface area contributed by atoms with Crippen LogP contribution >= 0.6 is 0 Å². The third-order valence-corrected chi connectivity index (χ3v) is 4.97. The van der Waals surface area contributed by atoms with Crippen molar-refractivity contribution in [3.05, 3.63) is 35.2 Å². The SMILES string of the molecule is CCCCCC(O)/C=C/c1cn(CC(C)(C)C)c(C)c1/C=C\CCCCC(=O)O. The van der Waals surface area contributed by atoms with E-state index in [4.69, 9.17) is 5.11 Å². The number of aliphatic hydroxyl groups excluding tert-OH is 1. The first kappa shape index (κ1) is 25.2. The van der Waals surface area contributed by atoms with E-state index in [9.17, 15) is 9.90 Å². The summed E-state index contributed by atoms with van der Waals surface area (Å²) in [7, 11) is 0. The third-order valence-electron chi connectivity index (χ3n) is 4.97. The van der Waals surface area contributed by atoms with Gasteiger partial charge in [-0.25, -0.2) is 0 Å². The Balaban J connectivity index is 2.90. The molecule has 1 rings (SSSR count). The Morgan fingerprint density at radius 1 is 1.17 bits per heavy atom. The summed E-state index contributed by atoms with van der Waals surface area (Å²) in [4.78, 5) is 10.6. The van der Waals surface area contributed by atoms with Crippen molar-refractivity contribution in [1.29, 1.82) is 0 Å². The number of aliphatic hydroxyl groups is 1. The minimum Gasteiger partial charge on any atom is -0.481 e. The van der Waals surface area contributed by atoms with E-state index in [1.165, 1.54) is 11.3 Å². The quantitative estimate of drug-likeness (QED) is 0.372. The predicted molar refractivity (Wildman–Crippen MR) is 123 cm³/mol. The zero-order valence-corrected chi connectivity index (χ0v) is 19.1. The number of carboxylic acids is 1. The highest BCUT2D eigenvalue weighted by Crippen LogP contribution is 2.25. The summed E-state index contributed by atoms with van der Waals surface area (Å²) in [6.45, 7) is 11.9. The fourth-order valence-electron chi connectivity index (χ4n) is 3.38. The van der Waals surface area contributed by atoms with Crippen LogP contribution in [0, 0.1) is 12.3 Å². The lowest BCUT2D eigenvalue weighted by Gasteiger charge is -2.20. The number of nitrogens with zero attached hydrogens (tertiary/aromatic N) is 1. The van der Waals surface area contributed by atoms with E-state index in [0.29, 0.717) is 6.42 Å². The molecule has 164 valence electrons. The van der Waals surface area contributed by atoms with Gasteiger partial charge in [-0.05, 0) is 43.6 Å². The van der Waals surface area contributed by atoms with Crippen molar-refractivity contribution in [2.75, 3.05) is 0 Å². The molecule has 0 aliphatic carbocycles. The molecule has 0 fully saturated rings. The monoisotopic (exact) mass is 403 g/mol. The zero-order chi connectivity index (χ0) is 21.9. The van der Waals surface area contributed by atoms with Crippen LogP contribution < -0.4 is 0 Å². The van der Waals surface area contributed by atoms with Crippen LogP contribution in [-0.4, -0.2) is 26.9 Å². The number of allylic oxidation sites excluding steroid dienone is 1. The van der Waals surface area contributed by atoms with Gasteiger partial charge in [-0.3, -0.25) is 4.79 Å². The Labute approximate surface area is 177 Å². The molecule has 1 atom stereocenters. The molecular weight excluding hydrogens is 362 g/mol. The molecule has 1 aromatic rings. The maximum absolute atomic E-state index is 10.6. The number of aliphatic carboxylic acids is 1. The molecule has 0 saturated heterocycles. The molecule has 4 heteroatoms. The summed E-state index contributed by atoms with van der Waals surface area (Å²) in [5.74, 6) is -0.728. The van der Waals surface area contributed by atoms with Gasteiger partial charge in [-0.1, -0.05) is 71.3 Å². The van der Waals surface area contributed by atoms with Crippen LogP contribution in [0.15, 0.2) is 18.3 Å². The van der Waals surface area contributed by atoms with Gasteiger partial charge in [0.2, 0.25) is 0 Å². The van der Waals surface area contributed by atoms with Gasteiger partial charge in [0.15, 0.2) is 0 Å². The van der Waals surface area contributed by atoms with Gasteiger partial charge in [-0.2, -0.15) is 0 Å². The lowest BCUT2D eigenvalue weighted by molar-refractivity contribution is -0.137. The molecule has 2 N–H and O–H groups in total. The van der Waals surface area contributed by atoms with Crippen LogP contribution in [0.2, 0.25) is 0 Å². The topological polar surface area (TPSA) is 62.5 Å². The summed E-state index contributed by atoms with van der Waals surface area (Å²) in [6.07, 6.45) is 16.9. The second-order valence-electron chi connectivity index (χ2n) is 9.24. The summed E-state index contributed by atoms with van der Waals surface area (Å²) in [5, 5.41) is 19.0. The summed E-state index contributed by atoms with van der Waals surface area (Å²) in [6, 6.07) is 0. The number of carboxylic acid groups (broad SMARTS) is 1. The smallest absolute Gasteiger partial charge is 0.303 e. The number of hydrogen-bond donors (Lipinski definition) is 2. The van der Waals surface area contributed by atoms with Crippen LogP contribution in [0.3, 0.4) is 0 Å². The van der Waals surface area contributed by atoms with Crippen molar-refractivity contribution in [2.24, 2.45) is 5.41 Å². The Morgan fingerprint density at radius 3 is 2.52 bits per heavy atom. The van der Waals surface area contributed by atoms with Crippen molar-refractivity contribution in [2.45, 2.75) is 98.6 Å². The minimum atomic E-state index is -0.728. The van der Waals surface area contributed by atoms with E-state index in [1.54, 1.807) is 0 Å². The largest absolute Gasteiger partial charge is 0.481 e. The molecule has 29 heavy (non-hydrogen) atoms. The van der Waals surface area contributed by atoms with E-state index in [1.807, 2.05) is 12.2 Å². The van der Waals surface area contributed by atoms with Crippen molar-refractivity contribution in [1.82, 2.24) is 4.57 Å². The minimum absolute atomic E-state index is 0.183. The van der Waals surface area contributed by atoms with Crippen LogP contribution in [0.25, 0.3) is 12.2 Å². The van der Waals surface area contributed by atoms with Crippen LogP contribution in [0.4, 0.5) is 0 Å². The molecule has 0 bridgehead atoms. The molecule has 1 unspecified atom stereocenters. The molecule has 0 radical (unpaired) electrons. The first-order valence-corrected chi connectivity index (χ1v) is 11.1. The summed E-state index contributed by atoms with van der Waals surface area (Å²) >= 11 is 0. The van der Waals surface area contributed by atoms with Crippen molar-refractivity contribution in [3.63, 3.8) is 0 Å². The van der Waals surface area contributed by atoms with Gasteiger partial charge in [-0.15, -0.1) is 0 Å². The fraction of sp³-hybridized carbons (Fsp3) is 0.640. The molecule has 0 saturated carbocycles. The average molecular weight is 404 g/mol. The second-order valence-corrected chi connectivity index (χ2v) is 9.24. The van der Waals surface area contributed by atoms with E-state index < -0.39 is 12.1 Å². The lowest BCUT2D eigenvalue weighted by atomic mass is 9.97. The highest BCUT2D eigenvalue weighted by Gasteiger charge is 2.15. The fourth-order valence-corrected chi connectivity index (χ4v) is 3.38. The van der Waals surface area contributed by atoms with E-state index in [0.717, 1.165) is 50.6 Å². The molecule has 0 spiro atoms. The predicted octanol–water partition coefficient (Wildman–Crippen LogP) is 6.46. The van der Waals surface area contributed by atoms with Crippen LogP contribution in [0.1, 0.15) is 95.9 Å². The number of aromatic nitrogens is 1. The second kappa shape index (κ2) is 12.7. The number of unbranched alkanes of at least 4 members (excludes halogenated alkanes) is 4. The van der Waals surface area contributed by atoms with Crippen molar-refractivity contribution in [3.8, 4) is 0 Å². The van der Waals surface area contributed by atoms with Crippen LogP contribution in [-0.2, 0) is 11.3 Å². The molecule has 0 aromatic carbocycles. The Kier molecular flexibility index (Phi) is 11.0. The Bertz CT molecular complexity index is 677. The van der Waals surface area contributed by atoms with E-state index in [2.05, 4.69) is 57.5 Å². The van der Waals surface area contributed by atoms with Gasteiger partial charge in [0.25, 0.3) is 0 Å². The summed E-state index contributed by atoms with van der Waals surface area (Å²) in [5.41, 5.74) is 3.72. The molecule has 0 amide bonds. The molecule has 1 aromatic heterocycles. The maximum atomic E-state index is 10.6. The van der Waals surface area contributed by atoms with E-state index >= 15 is 0 Å². The molecule has 1 heterocycles. The van der Waals surface area contributed by atoms with Crippen LogP contribution in [0.5, 0.6) is 0 Å². The first-order valence-electron chi connectivity index (χ1n) is 11.1. The molecular formula is C25H41NO3. The number of carbonyl (C=O) groups is 1. The normalized spacial score (nSPS) is 13.6. The van der Waals surface area contributed by atoms with Gasteiger partial charge in [0, 0.05) is 30.4 Å². The molecule has 4 nitrogen and oxygen atoms in total. The van der Waals surface area contributed by atoms with Gasteiger partial charge in [0.05, 0.1) is 6.10 Å². The highest BCUT2D eigenvalue weighted by molar-refractivity contribution is 5.68. The van der Waals surface area contributed by atoms with Gasteiger partial charge in [0.1, 0.15) is 0 Å². The van der Waals surface area contributed by atoms with Crippen molar-refractivity contribution < 1.29 is 15.0 Å².